The third kappa shape index (κ3) is 13.0. The molecule has 0 spiro atoms. The lowest BCUT2D eigenvalue weighted by Crippen LogP contribution is -2.08. The smallest absolute Gasteiger partial charge is 0.123 e. The van der Waals surface area contributed by atoms with Crippen molar-refractivity contribution in [1.82, 2.24) is 0 Å². The first kappa shape index (κ1) is 21.3. The maximum Gasteiger partial charge on any atom is 0.123 e. The zero-order valence-electron chi connectivity index (χ0n) is 14.7. The van der Waals surface area contributed by atoms with Crippen molar-refractivity contribution in [2.24, 2.45) is 11.8 Å². The van der Waals surface area contributed by atoms with E-state index >= 15 is 0 Å². The van der Waals surface area contributed by atoms with Gasteiger partial charge in [-0.05, 0) is 25.7 Å². The number of carbonyl (C=O) groups is 2. The average Bonchev–Trinajstić information content (AvgIpc) is 2.55. The zero-order valence-corrected chi connectivity index (χ0v) is 14.7. The number of carbonyl (C=O) groups excluding carboxylic acids is 2. The van der Waals surface area contributed by atoms with Crippen LogP contribution < -0.4 is 0 Å². The highest BCUT2D eigenvalue weighted by atomic mass is 16.1. The molecule has 0 aromatic carbocycles. The van der Waals surface area contributed by atoms with E-state index in [4.69, 9.17) is 0 Å². The summed E-state index contributed by atoms with van der Waals surface area (Å²) in [6, 6.07) is 0. The highest BCUT2D eigenvalue weighted by molar-refractivity contribution is 5.55. The summed E-state index contributed by atoms with van der Waals surface area (Å²) in [6.07, 6.45) is 18.0. The number of hydrogen-bond acceptors (Lipinski definition) is 2. The fourth-order valence-electron chi connectivity index (χ4n) is 2.94. The Hall–Kier alpha value is -0.660. The van der Waals surface area contributed by atoms with Gasteiger partial charge in [-0.1, -0.05) is 78.1 Å². The van der Waals surface area contributed by atoms with E-state index in [1.165, 1.54) is 44.9 Å². The van der Waals surface area contributed by atoms with Crippen LogP contribution in [0.3, 0.4) is 0 Å². The lowest BCUT2D eigenvalue weighted by molar-refractivity contribution is -0.113. The van der Waals surface area contributed by atoms with Crippen LogP contribution in [0.1, 0.15) is 96.8 Å². The van der Waals surface area contributed by atoms with Crippen LogP contribution >= 0.6 is 0 Å². The summed E-state index contributed by atoms with van der Waals surface area (Å²) < 4.78 is 0. The van der Waals surface area contributed by atoms with Crippen molar-refractivity contribution in [2.45, 2.75) is 96.8 Å². The molecule has 0 aromatic heterocycles. The van der Waals surface area contributed by atoms with Gasteiger partial charge >= 0.3 is 0 Å². The topological polar surface area (TPSA) is 34.1 Å². The lowest BCUT2D eigenvalue weighted by Gasteiger charge is -2.14. The molecular weight excluding hydrogens is 272 g/mol. The van der Waals surface area contributed by atoms with Crippen molar-refractivity contribution in [3.63, 3.8) is 0 Å². The fourth-order valence-corrected chi connectivity index (χ4v) is 2.94. The average molecular weight is 310 g/mol. The minimum Gasteiger partial charge on any atom is -0.303 e. The molecule has 0 bridgehead atoms. The Balaban J connectivity index is 3.71. The Morgan fingerprint density at radius 3 is 1.59 bits per heavy atom. The summed E-state index contributed by atoms with van der Waals surface area (Å²) in [5.41, 5.74) is 0. The molecule has 0 rings (SSSR count). The highest BCUT2D eigenvalue weighted by Crippen LogP contribution is 2.20. The molecule has 0 amide bonds. The van der Waals surface area contributed by atoms with Crippen LogP contribution in [0.15, 0.2) is 0 Å². The van der Waals surface area contributed by atoms with E-state index in [1.807, 2.05) is 0 Å². The lowest BCUT2D eigenvalue weighted by atomic mass is 9.90. The molecule has 0 saturated heterocycles. The van der Waals surface area contributed by atoms with Crippen LogP contribution in [-0.4, -0.2) is 12.6 Å². The van der Waals surface area contributed by atoms with Gasteiger partial charge in [0.15, 0.2) is 0 Å². The normalized spacial score (nSPS) is 13.7. The number of hydrogen-bond donors (Lipinski definition) is 0. The second-order valence-electron chi connectivity index (χ2n) is 6.63. The van der Waals surface area contributed by atoms with Gasteiger partial charge in [0.25, 0.3) is 0 Å². The Kier molecular flexibility index (Phi) is 16.2. The molecule has 2 heteroatoms. The molecule has 129 valence electrons. The zero-order chi connectivity index (χ0) is 16.5. The van der Waals surface area contributed by atoms with E-state index in [9.17, 15) is 9.59 Å². The SMILES string of the molecule is [CH2]CCCCCCCC(C=O)CCC(C=O)CCCCCC. The maximum absolute atomic E-state index is 11.2. The third-order valence-corrected chi connectivity index (χ3v) is 4.55. The summed E-state index contributed by atoms with van der Waals surface area (Å²) >= 11 is 0. The molecule has 22 heavy (non-hydrogen) atoms. The van der Waals surface area contributed by atoms with Crippen molar-refractivity contribution < 1.29 is 9.59 Å². The predicted octanol–water partition coefficient (Wildman–Crippen LogP) is 5.93. The van der Waals surface area contributed by atoms with Gasteiger partial charge in [0.05, 0.1) is 0 Å². The van der Waals surface area contributed by atoms with Gasteiger partial charge in [-0.3, -0.25) is 0 Å². The molecular formula is C20H37O2. The van der Waals surface area contributed by atoms with E-state index in [0.29, 0.717) is 0 Å². The van der Waals surface area contributed by atoms with Crippen LogP contribution in [0.5, 0.6) is 0 Å². The van der Waals surface area contributed by atoms with Crippen molar-refractivity contribution >= 4 is 12.6 Å². The van der Waals surface area contributed by atoms with Crippen molar-refractivity contribution in [1.29, 1.82) is 0 Å². The van der Waals surface area contributed by atoms with Crippen LogP contribution in [-0.2, 0) is 9.59 Å². The third-order valence-electron chi connectivity index (χ3n) is 4.55. The standard InChI is InChI=1S/C20H37O2/c1-3-5-7-9-10-12-14-20(18-22)16-15-19(17-21)13-11-8-6-4-2/h17-20H,1,3-16H2,2H3. The van der Waals surface area contributed by atoms with Crippen LogP contribution in [0, 0.1) is 18.8 Å². The van der Waals surface area contributed by atoms with E-state index in [1.54, 1.807) is 0 Å². The van der Waals surface area contributed by atoms with Gasteiger partial charge in [-0.2, -0.15) is 0 Å². The maximum atomic E-state index is 11.2. The molecule has 1 radical (unpaired) electrons. The molecule has 2 atom stereocenters. The summed E-state index contributed by atoms with van der Waals surface area (Å²) in [4.78, 5) is 22.3. The molecule has 0 fully saturated rings. The number of aldehydes is 2. The Labute approximate surface area is 138 Å². The predicted molar refractivity (Wildman–Crippen MR) is 94.8 cm³/mol. The summed E-state index contributed by atoms with van der Waals surface area (Å²) in [5.74, 6) is 0.322. The van der Waals surface area contributed by atoms with E-state index < -0.39 is 0 Å². The van der Waals surface area contributed by atoms with Crippen molar-refractivity contribution in [3.8, 4) is 0 Å². The van der Waals surface area contributed by atoms with Crippen molar-refractivity contribution in [2.75, 3.05) is 0 Å². The van der Waals surface area contributed by atoms with Crippen LogP contribution in [0.25, 0.3) is 0 Å². The quantitative estimate of drug-likeness (QED) is 0.246. The molecule has 0 aliphatic rings. The first-order valence-corrected chi connectivity index (χ1v) is 9.48. The second kappa shape index (κ2) is 16.7. The molecule has 0 aliphatic heterocycles. The molecule has 0 heterocycles. The van der Waals surface area contributed by atoms with E-state index in [2.05, 4.69) is 13.8 Å². The first-order chi connectivity index (χ1) is 10.8. The molecule has 0 aromatic rings. The summed E-state index contributed by atoms with van der Waals surface area (Å²) in [5, 5.41) is 0. The minimum absolute atomic E-state index is 0.158. The van der Waals surface area contributed by atoms with Gasteiger partial charge in [-0.25, -0.2) is 0 Å². The van der Waals surface area contributed by atoms with Crippen LogP contribution in [0.2, 0.25) is 0 Å². The number of unbranched alkanes of at least 4 members (excludes halogenated alkanes) is 8. The van der Waals surface area contributed by atoms with Gasteiger partial charge in [0.2, 0.25) is 0 Å². The Morgan fingerprint density at radius 2 is 1.14 bits per heavy atom. The molecule has 0 N–H and O–H groups in total. The minimum atomic E-state index is 0.158. The monoisotopic (exact) mass is 309 g/mol. The van der Waals surface area contributed by atoms with Gasteiger partial charge < -0.3 is 9.59 Å². The fraction of sp³-hybridized carbons (Fsp3) is 0.850. The van der Waals surface area contributed by atoms with Gasteiger partial charge in [-0.15, -0.1) is 0 Å². The second-order valence-corrected chi connectivity index (χ2v) is 6.63. The number of rotatable bonds is 17. The first-order valence-electron chi connectivity index (χ1n) is 9.48. The molecule has 2 unspecified atom stereocenters. The highest BCUT2D eigenvalue weighted by Gasteiger charge is 2.12. The molecule has 0 aliphatic carbocycles. The Bertz CT molecular complexity index is 250. The summed E-state index contributed by atoms with van der Waals surface area (Å²) in [7, 11) is 0. The molecule has 0 saturated carbocycles. The summed E-state index contributed by atoms with van der Waals surface area (Å²) in [6.45, 7) is 6.05. The van der Waals surface area contributed by atoms with Gasteiger partial charge in [0, 0.05) is 11.8 Å². The van der Waals surface area contributed by atoms with E-state index in [0.717, 1.165) is 57.5 Å². The van der Waals surface area contributed by atoms with Crippen molar-refractivity contribution in [3.05, 3.63) is 6.92 Å². The Morgan fingerprint density at radius 1 is 0.682 bits per heavy atom. The largest absolute Gasteiger partial charge is 0.303 e. The van der Waals surface area contributed by atoms with Crippen LogP contribution in [0.4, 0.5) is 0 Å². The van der Waals surface area contributed by atoms with Gasteiger partial charge in [0.1, 0.15) is 12.6 Å². The molecule has 2 nitrogen and oxygen atoms in total. The van der Waals surface area contributed by atoms with E-state index in [-0.39, 0.29) is 11.8 Å².